The number of nitrogens with one attached hydrogen (secondary N) is 1. The summed E-state index contributed by atoms with van der Waals surface area (Å²) in [6.07, 6.45) is 5.54. The van der Waals surface area contributed by atoms with Crippen molar-refractivity contribution in [2.45, 2.75) is 24.8 Å². The van der Waals surface area contributed by atoms with Gasteiger partial charge < -0.3 is 16.0 Å². The minimum atomic E-state index is 0.0759. The van der Waals surface area contributed by atoms with Crippen LogP contribution in [0.25, 0.3) is 0 Å². The standard InChI is InChI=1S/C13H19N5/c14-13-4-10(13)6-18(7-13)12-3-11(16-8-17-12)15-5-9-1-2-9/h3,8-10H,1-2,4-7,14H2,(H,15,16,17)/t10-,13+/m0/s1. The molecule has 18 heavy (non-hydrogen) atoms. The van der Waals surface area contributed by atoms with Crippen molar-refractivity contribution < 1.29 is 0 Å². The fourth-order valence-electron chi connectivity index (χ4n) is 2.89. The van der Waals surface area contributed by atoms with Gasteiger partial charge in [0, 0.05) is 31.2 Å². The number of anilines is 2. The first kappa shape index (κ1) is 10.6. The lowest BCUT2D eigenvalue weighted by Gasteiger charge is -2.20. The van der Waals surface area contributed by atoms with E-state index in [1.807, 2.05) is 0 Å². The fourth-order valence-corrected chi connectivity index (χ4v) is 2.89. The number of hydrogen-bond acceptors (Lipinski definition) is 5. The van der Waals surface area contributed by atoms with Crippen molar-refractivity contribution >= 4 is 11.6 Å². The van der Waals surface area contributed by atoms with Crippen LogP contribution in [-0.2, 0) is 0 Å². The van der Waals surface area contributed by atoms with E-state index >= 15 is 0 Å². The highest BCUT2D eigenvalue weighted by molar-refractivity contribution is 5.51. The van der Waals surface area contributed by atoms with Gasteiger partial charge >= 0.3 is 0 Å². The Labute approximate surface area is 107 Å². The second-order valence-corrected chi connectivity index (χ2v) is 6.10. The van der Waals surface area contributed by atoms with Crippen molar-refractivity contribution in [3.8, 4) is 0 Å². The van der Waals surface area contributed by atoms with Crippen molar-refractivity contribution in [3.63, 3.8) is 0 Å². The van der Waals surface area contributed by atoms with E-state index < -0.39 is 0 Å². The lowest BCUT2D eigenvalue weighted by atomic mass is 10.3. The zero-order chi connectivity index (χ0) is 12.2. The molecule has 96 valence electrons. The molecule has 0 aromatic carbocycles. The molecule has 3 N–H and O–H groups in total. The molecule has 5 heteroatoms. The molecule has 2 aliphatic carbocycles. The fraction of sp³-hybridized carbons (Fsp3) is 0.692. The molecule has 3 aliphatic rings. The van der Waals surface area contributed by atoms with E-state index in [-0.39, 0.29) is 5.54 Å². The summed E-state index contributed by atoms with van der Waals surface area (Å²) in [6, 6.07) is 2.05. The van der Waals surface area contributed by atoms with Crippen LogP contribution in [-0.4, -0.2) is 35.1 Å². The smallest absolute Gasteiger partial charge is 0.134 e. The van der Waals surface area contributed by atoms with Crippen LogP contribution in [0.2, 0.25) is 0 Å². The Morgan fingerprint density at radius 3 is 3.06 bits per heavy atom. The quantitative estimate of drug-likeness (QED) is 0.822. The first-order valence-electron chi connectivity index (χ1n) is 6.83. The second-order valence-electron chi connectivity index (χ2n) is 6.10. The van der Waals surface area contributed by atoms with Gasteiger partial charge in [-0.3, -0.25) is 0 Å². The third kappa shape index (κ3) is 1.82. The normalized spacial score (nSPS) is 33.4. The number of hydrogen-bond donors (Lipinski definition) is 2. The lowest BCUT2D eigenvalue weighted by Crippen LogP contribution is -2.33. The Balaban J connectivity index is 1.45. The van der Waals surface area contributed by atoms with Crippen molar-refractivity contribution in [1.82, 2.24) is 9.97 Å². The predicted octanol–water partition coefficient (Wildman–Crippen LogP) is 0.836. The summed E-state index contributed by atoms with van der Waals surface area (Å²) in [5.41, 5.74) is 6.30. The molecular formula is C13H19N5. The molecule has 0 bridgehead atoms. The maximum absolute atomic E-state index is 6.22. The molecule has 2 atom stereocenters. The van der Waals surface area contributed by atoms with Gasteiger partial charge in [0.05, 0.1) is 0 Å². The van der Waals surface area contributed by atoms with Crippen LogP contribution in [0.4, 0.5) is 11.6 Å². The molecular weight excluding hydrogens is 226 g/mol. The van der Waals surface area contributed by atoms with Gasteiger partial charge in [-0.05, 0) is 31.1 Å². The van der Waals surface area contributed by atoms with Crippen molar-refractivity contribution in [1.29, 1.82) is 0 Å². The van der Waals surface area contributed by atoms with Gasteiger partial charge in [0.1, 0.15) is 18.0 Å². The minimum absolute atomic E-state index is 0.0759. The van der Waals surface area contributed by atoms with E-state index in [0.29, 0.717) is 5.92 Å². The van der Waals surface area contributed by atoms with Gasteiger partial charge in [0.15, 0.2) is 0 Å². The second kappa shape index (κ2) is 3.57. The molecule has 3 fully saturated rings. The SMILES string of the molecule is N[C@@]12C[C@H]1CN(c1cc(NCC3CC3)ncn1)C2. The summed E-state index contributed by atoms with van der Waals surface area (Å²) in [5, 5.41) is 3.39. The molecule has 0 spiro atoms. The van der Waals surface area contributed by atoms with Crippen LogP contribution in [0.3, 0.4) is 0 Å². The Morgan fingerprint density at radius 1 is 1.44 bits per heavy atom. The summed E-state index contributed by atoms with van der Waals surface area (Å²) < 4.78 is 0. The van der Waals surface area contributed by atoms with Gasteiger partial charge in [0.25, 0.3) is 0 Å². The lowest BCUT2D eigenvalue weighted by molar-refractivity contribution is 0.696. The Hall–Kier alpha value is -1.36. The number of fused-ring (bicyclic) bond motifs is 1. The first-order valence-corrected chi connectivity index (χ1v) is 6.83. The first-order chi connectivity index (χ1) is 8.73. The summed E-state index contributed by atoms with van der Waals surface area (Å²) >= 11 is 0. The Bertz CT molecular complexity index is 472. The minimum Gasteiger partial charge on any atom is -0.370 e. The summed E-state index contributed by atoms with van der Waals surface area (Å²) in [7, 11) is 0. The molecule has 1 aliphatic heterocycles. The third-order valence-corrected chi connectivity index (χ3v) is 4.45. The van der Waals surface area contributed by atoms with Crippen molar-refractivity contribution in [2.75, 3.05) is 29.9 Å². The number of piperidine rings is 1. The van der Waals surface area contributed by atoms with E-state index in [2.05, 4.69) is 26.3 Å². The molecule has 1 aromatic rings. The molecule has 1 saturated heterocycles. The molecule has 2 saturated carbocycles. The number of aromatic nitrogens is 2. The Morgan fingerprint density at radius 2 is 2.33 bits per heavy atom. The number of nitrogens with zero attached hydrogens (tertiary/aromatic N) is 3. The highest BCUT2D eigenvalue weighted by Gasteiger charge is 2.57. The van der Waals surface area contributed by atoms with E-state index in [1.165, 1.54) is 19.3 Å². The van der Waals surface area contributed by atoms with Crippen LogP contribution < -0.4 is 16.0 Å². The maximum Gasteiger partial charge on any atom is 0.134 e. The van der Waals surface area contributed by atoms with Crippen LogP contribution in [0, 0.1) is 11.8 Å². The number of rotatable bonds is 4. The molecule has 2 heterocycles. The van der Waals surface area contributed by atoms with Gasteiger partial charge in [0.2, 0.25) is 0 Å². The molecule has 0 unspecified atom stereocenters. The number of nitrogens with two attached hydrogens (primary N) is 1. The van der Waals surface area contributed by atoms with Crippen LogP contribution in [0.5, 0.6) is 0 Å². The van der Waals surface area contributed by atoms with Gasteiger partial charge in [-0.1, -0.05) is 0 Å². The maximum atomic E-state index is 6.22. The molecule has 1 aromatic heterocycles. The van der Waals surface area contributed by atoms with E-state index in [9.17, 15) is 0 Å². The van der Waals surface area contributed by atoms with Crippen LogP contribution in [0.1, 0.15) is 19.3 Å². The van der Waals surface area contributed by atoms with Crippen molar-refractivity contribution in [3.05, 3.63) is 12.4 Å². The highest BCUT2D eigenvalue weighted by Crippen LogP contribution is 2.48. The molecule has 0 amide bonds. The van der Waals surface area contributed by atoms with Crippen molar-refractivity contribution in [2.24, 2.45) is 17.6 Å². The van der Waals surface area contributed by atoms with Gasteiger partial charge in [-0.15, -0.1) is 0 Å². The predicted molar refractivity (Wildman–Crippen MR) is 70.5 cm³/mol. The average Bonchev–Trinajstić information content (AvgIpc) is 3.27. The molecule has 4 rings (SSSR count). The highest BCUT2D eigenvalue weighted by atomic mass is 15.3. The summed E-state index contributed by atoms with van der Waals surface area (Å²) in [5.74, 6) is 3.49. The van der Waals surface area contributed by atoms with E-state index in [1.54, 1.807) is 6.33 Å². The monoisotopic (exact) mass is 245 g/mol. The van der Waals surface area contributed by atoms with E-state index in [4.69, 9.17) is 5.73 Å². The topological polar surface area (TPSA) is 67.1 Å². The summed E-state index contributed by atoms with van der Waals surface area (Å²) in [4.78, 5) is 10.9. The molecule has 5 nitrogen and oxygen atoms in total. The van der Waals surface area contributed by atoms with Crippen LogP contribution in [0.15, 0.2) is 12.4 Å². The third-order valence-electron chi connectivity index (χ3n) is 4.45. The van der Waals surface area contributed by atoms with Crippen LogP contribution >= 0.6 is 0 Å². The zero-order valence-corrected chi connectivity index (χ0v) is 10.5. The largest absolute Gasteiger partial charge is 0.370 e. The molecule has 0 radical (unpaired) electrons. The zero-order valence-electron chi connectivity index (χ0n) is 10.5. The Kier molecular flexibility index (Phi) is 2.09. The van der Waals surface area contributed by atoms with Gasteiger partial charge in [-0.25, -0.2) is 9.97 Å². The summed E-state index contributed by atoms with van der Waals surface area (Å²) in [6.45, 7) is 3.03. The average molecular weight is 245 g/mol. The van der Waals surface area contributed by atoms with Gasteiger partial charge in [-0.2, -0.15) is 0 Å². The van der Waals surface area contributed by atoms with E-state index in [0.717, 1.165) is 37.2 Å².